The van der Waals surface area contributed by atoms with Crippen molar-refractivity contribution in [3.05, 3.63) is 35.5 Å². The minimum absolute atomic E-state index is 0.271. The zero-order valence-electron chi connectivity index (χ0n) is 25.1. The maximum absolute atomic E-state index is 14.5. The van der Waals surface area contributed by atoms with Gasteiger partial charge in [-0.2, -0.15) is 15.1 Å². The van der Waals surface area contributed by atoms with Crippen LogP contribution in [-0.2, 0) is 0 Å². The maximum atomic E-state index is 14.5. The Hall–Kier alpha value is -3.89. The Kier molecular flexibility index (Phi) is 5.95. The summed E-state index contributed by atoms with van der Waals surface area (Å²) in [5.74, 6) is 3.80. The summed E-state index contributed by atoms with van der Waals surface area (Å²) < 4.78 is 23.1. The van der Waals surface area contributed by atoms with Crippen LogP contribution in [0, 0.1) is 12.3 Å². The second-order valence-electron chi connectivity index (χ2n) is 13.3. The van der Waals surface area contributed by atoms with Gasteiger partial charge in [-0.3, -0.25) is 15.0 Å². The van der Waals surface area contributed by atoms with Crippen molar-refractivity contribution in [2.75, 3.05) is 37.7 Å². The van der Waals surface area contributed by atoms with Crippen molar-refractivity contribution < 1.29 is 9.13 Å². The zero-order chi connectivity index (χ0) is 30.6. The third-order valence-electron chi connectivity index (χ3n) is 10.6. The molecule has 0 saturated carbocycles. The third kappa shape index (κ3) is 3.98. The van der Waals surface area contributed by atoms with Crippen LogP contribution in [0.3, 0.4) is 0 Å². The number of hydrogen-bond donors (Lipinski definition) is 2. The number of rotatable bonds is 5. The van der Waals surface area contributed by atoms with E-state index in [0.717, 1.165) is 96.4 Å². The van der Waals surface area contributed by atoms with Gasteiger partial charge in [0.2, 0.25) is 0 Å². The second kappa shape index (κ2) is 10.1. The van der Waals surface area contributed by atoms with Crippen LogP contribution < -0.4 is 15.0 Å². The molecule has 46 heavy (non-hydrogen) atoms. The summed E-state index contributed by atoms with van der Waals surface area (Å²) in [4.78, 5) is 20.7. The van der Waals surface area contributed by atoms with E-state index < -0.39 is 6.17 Å². The molecule has 0 radical (unpaired) electrons. The molecule has 4 atom stereocenters. The molecule has 4 aliphatic heterocycles. The highest BCUT2D eigenvalue weighted by molar-refractivity contribution is 7.26. The van der Waals surface area contributed by atoms with E-state index in [1.807, 2.05) is 17.8 Å². The summed E-state index contributed by atoms with van der Waals surface area (Å²) in [6.45, 7) is 3.58. The molecule has 0 spiro atoms. The fraction of sp³-hybridized carbons (Fsp3) is 0.412. The van der Waals surface area contributed by atoms with Gasteiger partial charge in [0.25, 0.3) is 0 Å². The van der Waals surface area contributed by atoms with E-state index in [1.165, 1.54) is 12.8 Å². The molecule has 1 aromatic carbocycles. The number of halogens is 1. The number of piperazine rings is 1. The number of hydrogen-bond acceptors (Lipinski definition) is 10. The van der Waals surface area contributed by atoms with Crippen LogP contribution in [0.1, 0.15) is 37.7 Å². The first-order valence-corrected chi connectivity index (χ1v) is 17.7. The molecule has 10 rings (SSSR count). The molecule has 4 saturated heterocycles. The molecule has 232 valence electrons. The Morgan fingerprint density at radius 1 is 1.15 bits per heavy atom. The summed E-state index contributed by atoms with van der Waals surface area (Å²) in [6.07, 6.45) is 13.8. The van der Waals surface area contributed by atoms with E-state index in [1.54, 1.807) is 22.7 Å². The van der Waals surface area contributed by atoms with Gasteiger partial charge in [0.05, 0.1) is 33.0 Å². The lowest BCUT2D eigenvalue weighted by Crippen LogP contribution is -2.51. The highest BCUT2D eigenvalue weighted by Crippen LogP contribution is 2.47. The number of H-pyrrole nitrogens is 1. The topological polar surface area (TPSA) is 95.1 Å². The van der Waals surface area contributed by atoms with E-state index in [4.69, 9.17) is 26.1 Å². The fourth-order valence-corrected chi connectivity index (χ4v) is 10.7. The highest BCUT2D eigenvalue weighted by Gasteiger charge is 2.49. The third-order valence-corrected chi connectivity index (χ3v) is 12.7. The Labute approximate surface area is 272 Å². The Bertz CT molecular complexity index is 2220. The lowest BCUT2D eigenvalue weighted by Gasteiger charge is -2.34. The summed E-state index contributed by atoms with van der Waals surface area (Å²) in [6, 6.07) is 5.44. The molecule has 0 unspecified atom stereocenters. The molecule has 6 aromatic rings. The molecule has 5 aromatic heterocycles. The minimum atomic E-state index is -0.808. The molecule has 9 nitrogen and oxygen atoms in total. The standard InChI is InChI=1S/C34H31FN8OS2/c1-2-18-16-45-25-10-24-23(12-37-41-24)27(26(18)25)29-30-22(6-8-36-29)28-31(42-14-20-4-5-21(15-42)38-20)39-33(40-32(28)46-30)44-17-34-7-3-9-43(34)13-19(35)11-34/h1,6,8,10,12,16,19-21,38H,3-5,7,9,11,13-15,17H2,(H,37,41)/t19-,20-,21+,34+/m1/s1. The predicted octanol–water partition coefficient (Wildman–Crippen LogP) is 5.87. The van der Waals surface area contributed by atoms with E-state index >= 15 is 0 Å². The van der Waals surface area contributed by atoms with E-state index in [-0.39, 0.29) is 5.54 Å². The van der Waals surface area contributed by atoms with Gasteiger partial charge in [-0.1, -0.05) is 5.92 Å². The number of ether oxygens (including phenoxy) is 1. The number of alkyl halides is 1. The average molecular weight is 651 g/mol. The lowest BCUT2D eigenvalue weighted by molar-refractivity contribution is 0.107. The largest absolute Gasteiger partial charge is 0.461 e. The number of thiophene rings is 2. The van der Waals surface area contributed by atoms with Crippen molar-refractivity contribution in [2.45, 2.75) is 55.9 Å². The molecular weight excluding hydrogens is 620 g/mol. The van der Waals surface area contributed by atoms with Crippen LogP contribution in [0.2, 0.25) is 0 Å². The van der Waals surface area contributed by atoms with Crippen molar-refractivity contribution in [3.8, 4) is 29.6 Å². The second-order valence-corrected chi connectivity index (χ2v) is 15.2. The first kappa shape index (κ1) is 27.2. The smallest absolute Gasteiger partial charge is 0.319 e. The number of fused-ring (bicyclic) bond motifs is 8. The number of terminal acetylenes is 1. The first-order valence-electron chi connectivity index (χ1n) is 16.0. The predicted molar refractivity (Wildman–Crippen MR) is 182 cm³/mol. The van der Waals surface area contributed by atoms with Gasteiger partial charge in [0.15, 0.2) is 0 Å². The van der Waals surface area contributed by atoms with E-state index in [9.17, 15) is 4.39 Å². The lowest BCUT2D eigenvalue weighted by atomic mass is 9.95. The molecule has 0 amide bonds. The zero-order valence-corrected chi connectivity index (χ0v) is 26.7. The normalized spacial score (nSPS) is 26.2. The van der Waals surface area contributed by atoms with Gasteiger partial charge in [-0.15, -0.1) is 29.1 Å². The summed E-state index contributed by atoms with van der Waals surface area (Å²) in [7, 11) is 0. The molecular formula is C34H31FN8OS2. The number of benzene rings is 1. The number of aromatic amines is 1. The van der Waals surface area contributed by atoms with Crippen molar-refractivity contribution in [1.82, 2.24) is 35.4 Å². The SMILES string of the molecule is C#Cc1csc2cc3[nH]ncc3c(-c3nccc4c3sc3nc(OC[C@@]56CCCN5C[C@H](F)C6)nc(N5C[C@H]6CC[C@@H](C5)N6)c34)c12. The fourth-order valence-electron chi connectivity index (χ4n) is 8.61. The van der Waals surface area contributed by atoms with Gasteiger partial charge in [-0.25, -0.2) is 4.39 Å². The number of nitrogens with one attached hydrogen (secondary N) is 2. The Balaban J connectivity index is 1.17. The van der Waals surface area contributed by atoms with Gasteiger partial charge in [0.1, 0.15) is 23.4 Å². The van der Waals surface area contributed by atoms with Gasteiger partial charge >= 0.3 is 6.01 Å². The molecule has 9 heterocycles. The van der Waals surface area contributed by atoms with Crippen molar-refractivity contribution in [3.63, 3.8) is 0 Å². The van der Waals surface area contributed by atoms with Crippen LogP contribution in [0.5, 0.6) is 6.01 Å². The van der Waals surface area contributed by atoms with E-state index in [0.29, 0.717) is 37.7 Å². The van der Waals surface area contributed by atoms with Crippen molar-refractivity contribution >= 4 is 69.8 Å². The van der Waals surface area contributed by atoms with Crippen LogP contribution in [0.25, 0.3) is 52.5 Å². The van der Waals surface area contributed by atoms with Crippen LogP contribution in [0.15, 0.2) is 29.9 Å². The summed E-state index contributed by atoms with van der Waals surface area (Å²) in [5, 5.41) is 17.4. The van der Waals surface area contributed by atoms with Gasteiger partial charge < -0.3 is 15.0 Å². The molecule has 2 bridgehead atoms. The maximum Gasteiger partial charge on any atom is 0.319 e. The quantitative estimate of drug-likeness (QED) is 0.224. The van der Waals surface area contributed by atoms with Crippen molar-refractivity contribution in [1.29, 1.82) is 0 Å². The minimum Gasteiger partial charge on any atom is -0.461 e. The summed E-state index contributed by atoms with van der Waals surface area (Å²) >= 11 is 3.25. The van der Waals surface area contributed by atoms with Gasteiger partial charge in [0, 0.05) is 81.7 Å². The van der Waals surface area contributed by atoms with Crippen LogP contribution >= 0.6 is 22.7 Å². The molecule has 4 fully saturated rings. The van der Waals surface area contributed by atoms with Gasteiger partial charge in [-0.05, 0) is 44.4 Å². The molecule has 2 N–H and O–H groups in total. The Morgan fingerprint density at radius 2 is 2.04 bits per heavy atom. The molecule has 0 aliphatic carbocycles. The average Bonchev–Trinajstić information content (AvgIpc) is 3.90. The monoisotopic (exact) mass is 650 g/mol. The van der Waals surface area contributed by atoms with E-state index in [2.05, 4.69) is 43.4 Å². The number of nitrogens with zero attached hydrogens (tertiary/aromatic N) is 6. The van der Waals surface area contributed by atoms with Crippen molar-refractivity contribution in [2.24, 2.45) is 0 Å². The Morgan fingerprint density at radius 3 is 2.91 bits per heavy atom. The highest BCUT2D eigenvalue weighted by atomic mass is 32.1. The molecule has 12 heteroatoms. The van der Waals surface area contributed by atoms with Crippen LogP contribution in [0.4, 0.5) is 10.2 Å². The number of aromatic nitrogens is 5. The number of anilines is 1. The molecule has 4 aliphatic rings. The number of pyridine rings is 1. The van der Waals surface area contributed by atoms with Crippen LogP contribution in [-0.4, -0.2) is 86.6 Å². The summed E-state index contributed by atoms with van der Waals surface area (Å²) in [5.41, 5.74) is 3.38. The first-order chi connectivity index (χ1) is 22.6.